The zero-order chi connectivity index (χ0) is 11.5. The molecule has 0 amide bonds. The van der Waals surface area contributed by atoms with E-state index in [-0.39, 0.29) is 11.9 Å². The van der Waals surface area contributed by atoms with E-state index in [0.717, 1.165) is 13.0 Å². The monoisotopic (exact) mass is 223 g/mol. The van der Waals surface area contributed by atoms with E-state index in [0.29, 0.717) is 24.1 Å². The van der Waals surface area contributed by atoms with Crippen molar-refractivity contribution < 1.29 is 13.9 Å². The van der Waals surface area contributed by atoms with Crippen LogP contribution in [-0.4, -0.2) is 32.6 Å². The van der Waals surface area contributed by atoms with Gasteiger partial charge in [-0.1, -0.05) is 0 Å². The van der Waals surface area contributed by atoms with E-state index in [1.807, 2.05) is 11.9 Å². The molecule has 0 aliphatic carbocycles. The summed E-state index contributed by atoms with van der Waals surface area (Å²) in [5, 5.41) is 0. The summed E-state index contributed by atoms with van der Waals surface area (Å²) in [7, 11) is 1.85. The molecule has 0 bridgehead atoms. The molecule has 1 aliphatic heterocycles. The predicted molar refractivity (Wildman–Crippen MR) is 59.4 cm³/mol. The maximum Gasteiger partial charge on any atom is 0.150 e. The Hall–Kier alpha value is -1.42. The first-order valence-corrected chi connectivity index (χ1v) is 5.27. The number of carbonyl (C=O) groups excluding carboxylic acids is 1. The SMILES string of the molecule is CN(c1ccc(C=O)cc1F)C1CCOC1. The average Bonchev–Trinajstić information content (AvgIpc) is 2.81. The van der Waals surface area contributed by atoms with Crippen LogP contribution in [0.15, 0.2) is 18.2 Å². The summed E-state index contributed by atoms with van der Waals surface area (Å²) in [4.78, 5) is 12.4. The molecular formula is C12H14FNO2. The number of hydrogen-bond acceptors (Lipinski definition) is 3. The molecule has 1 fully saturated rings. The largest absolute Gasteiger partial charge is 0.379 e. The van der Waals surface area contributed by atoms with Crippen LogP contribution in [0.3, 0.4) is 0 Å². The van der Waals surface area contributed by atoms with E-state index in [4.69, 9.17) is 4.74 Å². The molecule has 1 aromatic carbocycles. The van der Waals surface area contributed by atoms with Crippen molar-refractivity contribution in [2.24, 2.45) is 0 Å². The number of carbonyl (C=O) groups is 1. The molecule has 1 aromatic rings. The highest BCUT2D eigenvalue weighted by atomic mass is 19.1. The molecule has 1 heterocycles. The lowest BCUT2D eigenvalue weighted by Gasteiger charge is -2.25. The van der Waals surface area contributed by atoms with E-state index in [2.05, 4.69) is 0 Å². The normalized spacial score (nSPS) is 19.8. The van der Waals surface area contributed by atoms with Crippen LogP contribution >= 0.6 is 0 Å². The highest BCUT2D eigenvalue weighted by Gasteiger charge is 2.22. The summed E-state index contributed by atoms with van der Waals surface area (Å²) < 4.78 is 19.0. The number of likely N-dealkylation sites (N-methyl/N-ethyl adjacent to an activating group) is 1. The molecule has 86 valence electrons. The topological polar surface area (TPSA) is 29.5 Å². The Morgan fingerprint density at radius 1 is 1.56 bits per heavy atom. The summed E-state index contributed by atoms with van der Waals surface area (Å²) >= 11 is 0. The maximum atomic E-state index is 13.7. The van der Waals surface area contributed by atoms with Gasteiger partial charge in [-0.2, -0.15) is 0 Å². The van der Waals surface area contributed by atoms with Gasteiger partial charge in [-0.25, -0.2) is 4.39 Å². The third-order valence-electron chi connectivity index (χ3n) is 2.94. The van der Waals surface area contributed by atoms with Crippen molar-refractivity contribution in [2.75, 3.05) is 25.2 Å². The second kappa shape index (κ2) is 4.61. The number of anilines is 1. The van der Waals surface area contributed by atoms with Gasteiger partial charge in [0.05, 0.1) is 18.3 Å². The van der Waals surface area contributed by atoms with Gasteiger partial charge in [-0.15, -0.1) is 0 Å². The van der Waals surface area contributed by atoms with E-state index in [9.17, 15) is 9.18 Å². The molecule has 2 rings (SSSR count). The highest BCUT2D eigenvalue weighted by molar-refractivity contribution is 5.76. The van der Waals surface area contributed by atoms with Gasteiger partial charge in [0.25, 0.3) is 0 Å². The van der Waals surface area contributed by atoms with Crippen LogP contribution in [0.4, 0.5) is 10.1 Å². The van der Waals surface area contributed by atoms with Crippen molar-refractivity contribution in [1.29, 1.82) is 0 Å². The predicted octanol–water partition coefficient (Wildman–Crippen LogP) is 1.86. The number of hydrogen-bond donors (Lipinski definition) is 0. The number of rotatable bonds is 3. The molecule has 16 heavy (non-hydrogen) atoms. The number of halogens is 1. The van der Waals surface area contributed by atoms with Gasteiger partial charge >= 0.3 is 0 Å². The minimum atomic E-state index is -0.362. The van der Waals surface area contributed by atoms with Gasteiger partial charge in [0.1, 0.15) is 12.1 Å². The smallest absolute Gasteiger partial charge is 0.150 e. The summed E-state index contributed by atoms with van der Waals surface area (Å²) in [6.45, 7) is 1.36. The fourth-order valence-electron chi connectivity index (χ4n) is 1.91. The third kappa shape index (κ3) is 2.07. The van der Waals surface area contributed by atoms with Gasteiger partial charge in [0.15, 0.2) is 0 Å². The quantitative estimate of drug-likeness (QED) is 0.732. The molecule has 0 aromatic heterocycles. The summed E-state index contributed by atoms with van der Waals surface area (Å²) in [5.74, 6) is -0.362. The molecule has 3 nitrogen and oxygen atoms in total. The van der Waals surface area contributed by atoms with E-state index in [1.165, 1.54) is 6.07 Å². The fourth-order valence-corrected chi connectivity index (χ4v) is 1.91. The highest BCUT2D eigenvalue weighted by Crippen LogP contribution is 2.23. The van der Waals surface area contributed by atoms with Crippen LogP contribution in [0.5, 0.6) is 0 Å². The second-order valence-corrected chi connectivity index (χ2v) is 3.96. The molecule has 4 heteroatoms. The Labute approximate surface area is 93.8 Å². The van der Waals surface area contributed by atoms with E-state index in [1.54, 1.807) is 12.1 Å². The van der Waals surface area contributed by atoms with Crippen LogP contribution in [0.2, 0.25) is 0 Å². The number of nitrogens with zero attached hydrogens (tertiary/aromatic N) is 1. The number of benzene rings is 1. The standard InChI is InChI=1S/C12H14FNO2/c1-14(10-4-5-16-8-10)12-3-2-9(7-15)6-11(12)13/h2-3,6-7,10H,4-5,8H2,1H3. The lowest BCUT2D eigenvalue weighted by Crippen LogP contribution is -2.32. The maximum absolute atomic E-state index is 13.7. The first-order valence-electron chi connectivity index (χ1n) is 5.27. The summed E-state index contributed by atoms with van der Waals surface area (Å²) in [5.41, 5.74) is 0.874. The van der Waals surface area contributed by atoms with Crippen molar-refractivity contribution in [2.45, 2.75) is 12.5 Å². The summed E-state index contributed by atoms with van der Waals surface area (Å²) in [6, 6.07) is 4.74. The van der Waals surface area contributed by atoms with Crippen LogP contribution in [0.1, 0.15) is 16.8 Å². The third-order valence-corrected chi connectivity index (χ3v) is 2.94. The molecule has 1 atom stereocenters. The Bertz CT molecular complexity index is 389. The van der Waals surface area contributed by atoms with Crippen LogP contribution in [0.25, 0.3) is 0 Å². The van der Waals surface area contributed by atoms with Crippen LogP contribution in [-0.2, 0) is 4.74 Å². The fraction of sp³-hybridized carbons (Fsp3) is 0.417. The van der Waals surface area contributed by atoms with Gasteiger partial charge in [0, 0.05) is 19.2 Å². The zero-order valence-electron chi connectivity index (χ0n) is 9.15. The van der Waals surface area contributed by atoms with E-state index < -0.39 is 0 Å². The van der Waals surface area contributed by atoms with Gasteiger partial charge < -0.3 is 9.64 Å². The minimum absolute atomic E-state index is 0.219. The van der Waals surface area contributed by atoms with Crippen molar-refractivity contribution in [3.63, 3.8) is 0 Å². The van der Waals surface area contributed by atoms with Crippen molar-refractivity contribution in [1.82, 2.24) is 0 Å². The molecule has 0 spiro atoms. The number of ether oxygens (including phenoxy) is 1. The van der Waals surface area contributed by atoms with Gasteiger partial charge in [-0.3, -0.25) is 4.79 Å². The van der Waals surface area contributed by atoms with Crippen LogP contribution < -0.4 is 4.90 Å². The molecule has 1 saturated heterocycles. The molecule has 0 saturated carbocycles. The minimum Gasteiger partial charge on any atom is -0.379 e. The zero-order valence-corrected chi connectivity index (χ0v) is 9.15. The lowest BCUT2D eigenvalue weighted by molar-refractivity contribution is 0.112. The Balaban J connectivity index is 2.22. The Kier molecular flexibility index (Phi) is 3.19. The Morgan fingerprint density at radius 3 is 2.94 bits per heavy atom. The molecule has 0 radical (unpaired) electrons. The van der Waals surface area contributed by atoms with Crippen molar-refractivity contribution in [3.8, 4) is 0 Å². The summed E-state index contributed by atoms with van der Waals surface area (Å²) in [6.07, 6.45) is 1.55. The molecule has 0 N–H and O–H groups in total. The van der Waals surface area contributed by atoms with Gasteiger partial charge in [0.2, 0.25) is 0 Å². The lowest BCUT2D eigenvalue weighted by atomic mass is 10.1. The average molecular weight is 223 g/mol. The van der Waals surface area contributed by atoms with Gasteiger partial charge in [-0.05, 0) is 24.6 Å². The van der Waals surface area contributed by atoms with Crippen molar-refractivity contribution >= 4 is 12.0 Å². The number of aldehydes is 1. The first kappa shape index (κ1) is 11.1. The Morgan fingerprint density at radius 2 is 2.38 bits per heavy atom. The van der Waals surface area contributed by atoms with Crippen LogP contribution in [0, 0.1) is 5.82 Å². The molecule has 1 unspecified atom stereocenters. The molecular weight excluding hydrogens is 209 g/mol. The van der Waals surface area contributed by atoms with E-state index >= 15 is 0 Å². The molecule has 1 aliphatic rings. The first-order chi connectivity index (χ1) is 7.72. The second-order valence-electron chi connectivity index (χ2n) is 3.96. The van der Waals surface area contributed by atoms with Crippen molar-refractivity contribution in [3.05, 3.63) is 29.6 Å².